The molecule has 0 aliphatic rings. The largest absolute Gasteiger partial charge is 0.507 e. The molecule has 0 atom stereocenters. The highest BCUT2D eigenvalue weighted by atomic mass is 16.3. The van der Waals surface area contributed by atoms with E-state index in [-0.39, 0.29) is 11.5 Å². The lowest BCUT2D eigenvalue weighted by atomic mass is 9.85. The minimum absolute atomic E-state index is 0.114. The highest BCUT2D eigenvalue weighted by Crippen LogP contribution is 2.52. The molecule has 10 aromatic carbocycles. The maximum Gasteiger partial charge on any atom is 0.132 e. The Kier molecular flexibility index (Phi) is 8.85. The van der Waals surface area contributed by atoms with Gasteiger partial charge in [0, 0.05) is 22.3 Å². The number of hydrogen-bond donors (Lipinski definition) is 2. The Morgan fingerprint density at radius 2 is 0.483 bits per heavy atom. The van der Waals surface area contributed by atoms with Crippen LogP contribution in [0.15, 0.2) is 218 Å². The fourth-order valence-corrected chi connectivity index (χ4v) is 8.37. The average molecular weight is 743 g/mol. The fraction of sp³-hybridized carbons (Fsp3) is 0. The highest BCUT2D eigenvalue weighted by Gasteiger charge is 2.24. The Balaban J connectivity index is 1.25. The molecule has 0 radical (unpaired) electrons. The first-order chi connectivity index (χ1) is 28.6. The van der Waals surface area contributed by atoms with Crippen molar-refractivity contribution in [2.75, 3.05) is 0 Å². The Hall–Kier alpha value is -7.68. The second kappa shape index (κ2) is 14.8. The van der Waals surface area contributed by atoms with Crippen LogP contribution in [-0.2, 0) is 0 Å². The van der Waals surface area contributed by atoms with Gasteiger partial charge < -0.3 is 10.2 Å². The summed E-state index contributed by atoms with van der Waals surface area (Å²) in [6, 6.07) is 74.9. The zero-order valence-corrected chi connectivity index (χ0v) is 31.7. The first-order valence-corrected chi connectivity index (χ1v) is 19.6. The van der Waals surface area contributed by atoms with Gasteiger partial charge in [0.25, 0.3) is 0 Å². The minimum atomic E-state index is 0.114. The van der Waals surface area contributed by atoms with Crippen molar-refractivity contribution in [3.05, 3.63) is 218 Å². The minimum Gasteiger partial charge on any atom is -0.507 e. The van der Waals surface area contributed by atoms with Crippen LogP contribution < -0.4 is 0 Å². The van der Waals surface area contributed by atoms with E-state index in [4.69, 9.17) is 0 Å². The van der Waals surface area contributed by atoms with E-state index < -0.39 is 0 Å². The van der Waals surface area contributed by atoms with Crippen molar-refractivity contribution in [3.8, 4) is 89.4 Å². The van der Waals surface area contributed by atoms with Gasteiger partial charge in [0.05, 0.1) is 0 Å². The molecule has 0 heterocycles. The SMILES string of the molecule is Oc1c(-c2cc(-c3ccccc3)cc(-c3ccccc3)c2)cc2ccccc2c1-c1c(O)c(-c2cc(-c3ccccc3)cc(-c3ccccc3)c2)cc2ccccc12. The molecule has 0 fully saturated rings. The lowest BCUT2D eigenvalue weighted by Crippen LogP contribution is -1.93. The third-order valence-corrected chi connectivity index (χ3v) is 11.2. The number of rotatable bonds is 7. The number of phenols is 2. The lowest BCUT2D eigenvalue weighted by molar-refractivity contribution is 0.472. The van der Waals surface area contributed by atoms with Gasteiger partial charge in [-0.25, -0.2) is 0 Å². The molecule has 2 N–H and O–H groups in total. The molecule has 0 spiro atoms. The third-order valence-electron chi connectivity index (χ3n) is 11.2. The first-order valence-electron chi connectivity index (χ1n) is 19.6. The zero-order valence-electron chi connectivity index (χ0n) is 31.7. The molecular weight excluding hydrogens is 705 g/mol. The van der Waals surface area contributed by atoms with Gasteiger partial charge in [-0.15, -0.1) is 0 Å². The van der Waals surface area contributed by atoms with Crippen LogP contribution in [0.25, 0.3) is 99.4 Å². The van der Waals surface area contributed by atoms with Crippen molar-refractivity contribution in [2.45, 2.75) is 0 Å². The summed E-state index contributed by atoms with van der Waals surface area (Å²) in [5.74, 6) is 0.229. The van der Waals surface area contributed by atoms with Gasteiger partial charge in [-0.05, 0) is 126 Å². The van der Waals surface area contributed by atoms with Crippen LogP contribution in [0.1, 0.15) is 0 Å². The van der Waals surface area contributed by atoms with Crippen LogP contribution >= 0.6 is 0 Å². The number of fused-ring (bicyclic) bond motifs is 2. The van der Waals surface area contributed by atoms with Gasteiger partial charge in [-0.2, -0.15) is 0 Å². The van der Waals surface area contributed by atoms with Gasteiger partial charge in [0.15, 0.2) is 0 Å². The van der Waals surface area contributed by atoms with Crippen LogP contribution in [0.5, 0.6) is 11.5 Å². The molecule has 58 heavy (non-hydrogen) atoms. The third kappa shape index (κ3) is 6.37. The van der Waals surface area contributed by atoms with Gasteiger partial charge in [0.2, 0.25) is 0 Å². The smallest absolute Gasteiger partial charge is 0.132 e. The predicted molar refractivity (Wildman–Crippen MR) is 243 cm³/mol. The second-order valence-corrected chi connectivity index (χ2v) is 14.8. The maximum atomic E-state index is 12.8. The number of hydrogen-bond acceptors (Lipinski definition) is 2. The highest BCUT2D eigenvalue weighted by molar-refractivity contribution is 6.14. The van der Waals surface area contributed by atoms with E-state index in [0.717, 1.165) is 77.2 Å². The van der Waals surface area contributed by atoms with Crippen molar-refractivity contribution >= 4 is 21.5 Å². The van der Waals surface area contributed by atoms with E-state index in [1.165, 1.54) is 0 Å². The van der Waals surface area contributed by atoms with Crippen LogP contribution in [0.2, 0.25) is 0 Å². The average Bonchev–Trinajstić information content (AvgIpc) is 3.30. The summed E-state index contributed by atoms with van der Waals surface area (Å²) >= 11 is 0. The summed E-state index contributed by atoms with van der Waals surface area (Å²) in [5, 5.41) is 29.3. The molecule has 0 aliphatic carbocycles. The molecular formula is C56H38O2. The Morgan fingerprint density at radius 3 is 0.793 bits per heavy atom. The summed E-state index contributed by atoms with van der Waals surface area (Å²) in [5.41, 5.74) is 12.9. The molecule has 0 amide bonds. The van der Waals surface area contributed by atoms with E-state index in [1.807, 2.05) is 60.7 Å². The Morgan fingerprint density at radius 1 is 0.224 bits per heavy atom. The zero-order chi connectivity index (χ0) is 39.0. The Labute approximate surface area is 338 Å². The van der Waals surface area contributed by atoms with Gasteiger partial charge in [-0.3, -0.25) is 0 Å². The quantitative estimate of drug-likeness (QED) is 0.171. The summed E-state index contributed by atoms with van der Waals surface area (Å²) in [4.78, 5) is 0. The van der Waals surface area contributed by atoms with Crippen molar-refractivity contribution < 1.29 is 10.2 Å². The molecule has 10 rings (SSSR count). The second-order valence-electron chi connectivity index (χ2n) is 14.8. The molecule has 2 nitrogen and oxygen atoms in total. The van der Waals surface area contributed by atoms with Crippen LogP contribution in [-0.4, -0.2) is 10.2 Å². The fourth-order valence-electron chi connectivity index (χ4n) is 8.37. The summed E-state index contributed by atoms with van der Waals surface area (Å²) in [6.07, 6.45) is 0. The molecule has 274 valence electrons. The van der Waals surface area contributed by atoms with Gasteiger partial charge in [-0.1, -0.05) is 170 Å². The Bertz CT molecular complexity index is 2770. The van der Waals surface area contributed by atoms with Gasteiger partial charge in [0.1, 0.15) is 11.5 Å². The molecule has 0 saturated heterocycles. The molecule has 0 aromatic heterocycles. The number of benzene rings is 10. The summed E-state index contributed by atoms with van der Waals surface area (Å²) in [7, 11) is 0. The predicted octanol–water partition coefficient (Wildman–Crippen LogP) is 15.1. The van der Waals surface area contributed by atoms with Crippen molar-refractivity contribution in [1.29, 1.82) is 0 Å². The van der Waals surface area contributed by atoms with E-state index >= 15 is 0 Å². The first kappa shape index (κ1) is 34.8. The van der Waals surface area contributed by atoms with E-state index in [0.29, 0.717) is 22.3 Å². The number of aromatic hydroxyl groups is 2. The molecule has 0 saturated carbocycles. The van der Waals surface area contributed by atoms with Crippen LogP contribution in [0, 0.1) is 0 Å². The van der Waals surface area contributed by atoms with Crippen LogP contribution in [0.3, 0.4) is 0 Å². The molecule has 0 bridgehead atoms. The topological polar surface area (TPSA) is 40.5 Å². The standard InChI is InChI=1S/C56H38O2/c57-55-51(47-31-43(37-17-5-1-6-18-37)29-44(32-47)38-19-7-2-8-20-38)35-41-25-13-15-27-49(41)53(55)54-50-28-16-14-26-42(50)36-52(56(54)58)48-33-45(39-21-9-3-10-22-39)30-46(34-48)40-23-11-4-12-24-40/h1-36,57-58H. The molecule has 0 unspecified atom stereocenters. The van der Waals surface area contributed by atoms with E-state index in [9.17, 15) is 10.2 Å². The monoisotopic (exact) mass is 742 g/mol. The summed E-state index contributed by atoms with van der Waals surface area (Å²) in [6.45, 7) is 0. The summed E-state index contributed by atoms with van der Waals surface area (Å²) < 4.78 is 0. The van der Waals surface area contributed by atoms with Crippen molar-refractivity contribution in [3.63, 3.8) is 0 Å². The lowest BCUT2D eigenvalue weighted by Gasteiger charge is -2.20. The maximum absolute atomic E-state index is 12.8. The molecule has 2 heteroatoms. The molecule has 0 aliphatic heterocycles. The van der Waals surface area contributed by atoms with Crippen molar-refractivity contribution in [1.82, 2.24) is 0 Å². The molecule has 10 aromatic rings. The number of phenolic OH excluding ortho intramolecular Hbond substituents is 2. The van der Waals surface area contributed by atoms with Crippen molar-refractivity contribution in [2.24, 2.45) is 0 Å². The van der Waals surface area contributed by atoms with E-state index in [2.05, 4.69) is 158 Å². The van der Waals surface area contributed by atoms with Gasteiger partial charge >= 0.3 is 0 Å². The normalized spacial score (nSPS) is 11.2. The van der Waals surface area contributed by atoms with E-state index in [1.54, 1.807) is 0 Å². The van der Waals surface area contributed by atoms with Crippen LogP contribution in [0.4, 0.5) is 0 Å².